The van der Waals surface area contributed by atoms with Crippen molar-refractivity contribution in [3.8, 4) is 11.5 Å². The Balaban J connectivity index is 2.20. The molecule has 3 nitrogen and oxygen atoms in total. The Morgan fingerprint density at radius 1 is 1.25 bits per heavy atom. The van der Waals surface area contributed by atoms with Crippen LogP contribution in [0.3, 0.4) is 0 Å². The molecule has 1 heterocycles. The fraction of sp³-hybridized carbons (Fsp3) is 0.538. The number of hydrogen-bond donors (Lipinski definition) is 1. The molecule has 16 heavy (non-hydrogen) atoms. The van der Waals surface area contributed by atoms with Crippen molar-refractivity contribution in [1.29, 1.82) is 0 Å². The maximum atomic E-state index is 9.90. The molecule has 0 bridgehead atoms. The number of hydrogen-bond acceptors (Lipinski definition) is 3. The van der Waals surface area contributed by atoms with Gasteiger partial charge in [-0.1, -0.05) is 19.4 Å². The third-order valence-corrected chi connectivity index (χ3v) is 2.72. The Morgan fingerprint density at radius 2 is 2.00 bits per heavy atom. The maximum Gasteiger partial charge on any atom is 0.161 e. The molecular formula is C13H18O3. The topological polar surface area (TPSA) is 38.7 Å². The summed E-state index contributed by atoms with van der Waals surface area (Å²) in [6, 6.07) is 5.68. The van der Waals surface area contributed by atoms with Crippen molar-refractivity contribution in [2.24, 2.45) is 0 Å². The Bertz CT molecular complexity index is 349. The summed E-state index contributed by atoms with van der Waals surface area (Å²) < 4.78 is 11.1. The minimum atomic E-state index is -0.401. The van der Waals surface area contributed by atoms with Gasteiger partial charge in [0.05, 0.1) is 19.3 Å². The SMILES string of the molecule is CCCC(O)c1ccc2c(c1)OCCCO2. The molecule has 2 rings (SSSR count). The van der Waals surface area contributed by atoms with Gasteiger partial charge in [-0.05, 0) is 24.1 Å². The highest BCUT2D eigenvalue weighted by Crippen LogP contribution is 2.33. The minimum absolute atomic E-state index is 0.401. The van der Waals surface area contributed by atoms with Gasteiger partial charge in [0.1, 0.15) is 0 Å². The number of benzene rings is 1. The highest BCUT2D eigenvalue weighted by Gasteiger charge is 2.13. The van der Waals surface area contributed by atoms with Gasteiger partial charge in [0.15, 0.2) is 11.5 Å². The van der Waals surface area contributed by atoms with Crippen LogP contribution in [-0.4, -0.2) is 18.3 Å². The molecule has 1 aromatic carbocycles. The Labute approximate surface area is 96.0 Å². The van der Waals surface area contributed by atoms with Gasteiger partial charge >= 0.3 is 0 Å². The molecule has 88 valence electrons. The lowest BCUT2D eigenvalue weighted by Crippen LogP contribution is -1.99. The van der Waals surface area contributed by atoms with Crippen LogP contribution in [0.4, 0.5) is 0 Å². The van der Waals surface area contributed by atoms with E-state index in [-0.39, 0.29) is 0 Å². The zero-order valence-electron chi connectivity index (χ0n) is 9.61. The zero-order chi connectivity index (χ0) is 11.4. The Morgan fingerprint density at radius 3 is 2.75 bits per heavy atom. The van der Waals surface area contributed by atoms with Gasteiger partial charge in [0.25, 0.3) is 0 Å². The molecule has 1 atom stereocenters. The smallest absolute Gasteiger partial charge is 0.161 e. The van der Waals surface area contributed by atoms with Gasteiger partial charge in [-0.3, -0.25) is 0 Å². The van der Waals surface area contributed by atoms with Crippen LogP contribution in [-0.2, 0) is 0 Å². The Kier molecular flexibility index (Phi) is 3.67. The van der Waals surface area contributed by atoms with Crippen LogP contribution in [0.1, 0.15) is 37.9 Å². The molecule has 1 aromatic rings. The summed E-state index contributed by atoms with van der Waals surface area (Å²) in [5, 5.41) is 9.90. The van der Waals surface area contributed by atoms with Crippen LogP contribution in [0.5, 0.6) is 11.5 Å². The average molecular weight is 222 g/mol. The van der Waals surface area contributed by atoms with Crippen LogP contribution >= 0.6 is 0 Å². The van der Waals surface area contributed by atoms with E-state index in [0.29, 0.717) is 13.2 Å². The quantitative estimate of drug-likeness (QED) is 0.854. The molecule has 1 N–H and O–H groups in total. The van der Waals surface area contributed by atoms with Gasteiger partial charge in [0.2, 0.25) is 0 Å². The van der Waals surface area contributed by atoms with Crippen molar-refractivity contribution >= 4 is 0 Å². The first kappa shape index (κ1) is 11.3. The summed E-state index contributed by atoms with van der Waals surface area (Å²) >= 11 is 0. The molecule has 0 radical (unpaired) electrons. The number of aliphatic hydroxyl groups is 1. The van der Waals surface area contributed by atoms with E-state index in [1.54, 1.807) is 0 Å². The summed E-state index contributed by atoms with van der Waals surface area (Å²) in [5.74, 6) is 1.54. The average Bonchev–Trinajstić information content (AvgIpc) is 2.53. The number of rotatable bonds is 3. The molecule has 0 amide bonds. The molecule has 0 saturated carbocycles. The summed E-state index contributed by atoms with van der Waals surface area (Å²) in [5.41, 5.74) is 0.908. The largest absolute Gasteiger partial charge is 0.490 e. The number of ether oxygens (including phenoxy) is 2. The monoisotopic (exact) mass is 222 g/mol. The first-order valence-electron chi connectivity index (χ1n) is 5.89. The maximum absolute atomic E-state index is 9.90. The summed E-state index contributed by atoms with van der Waals surface area (Å²) in [4.78, 5) is 0. The molecule has 1 aliphatic rings. The summed E-state index contributed by atoms with van der Waals surface area (Å²) in [7, 11) is 0. The molecule has 0 aliphatic carbocycles. The third-order valence-electron chi connectivity index (χ3n) is 2.72. The molecule has 1 unspecified atom stereocenters. The number of aliphatic hydroxyl groups excluding tert-OH is 1. The van der Waals surface area contributed by atoms with E-state index in [2.05, 4.69) is 6.92 Å². The van der Waals surface area contributed by atoms with Crippen molar-refractivity contribution in [3.05, 3.63) is 23.8 Å². The zero-order valence-corrected chi connectivity index (χ0v) is 9.61. The van der Waals surface area contributed by atoms with Crippen molar-refractivity contribution in [2.45, 2.75) is 32.3 Å². The fourth-order valence-electron chi connectivity index (χ4n) is 1.83. The number of fused-ring (bicyclic) bond motifs is 1. The normalized spacial score (nSPS) is 16.6. The molecule has 0 fully saturated rings. The second kappa shape index (κ2) is 5.21. The van der Waals surface area contributed by atoms with Gasteiger partial charge in [-0.25, -0.2) is 0 Å². The summed E-state index contributed by atoms with van der Waals surface area (Å²) in [6.45, 7) is 3.44. The van der Waals surface area contributed by atoms with Gasteiger partial charge < -0.3 is 14.6 Å². The second-order valence-electron chi connectivity index (χ2n) is 4.06. The van der Waals surface area contributed by atoms with Gasteiger partial charge in [0, 0.05) is 6.42 Å². The predicted molar refractivity (Wildman–Crippen MR) is 61.9 cm³/mol. The van der Waals surface area contributed by atoms with E-state index < -0.39 is 6.10 Å². The molecular weight excluding hydrogens is 204 g/mol. The fourth-order valence-corrected chi connectivity index (χ4v) is 1.83. The standard InChI is InChI=1S/C13H18O3/c1-2-4-11(14)10-5-6-12-13(9-10)16-8-3-7-15-12/h5-6,9,11,14H,2-4,7-8H2,1H3. The van der Waals surface area contributed by atoms with Crippen LogP contribution < -0.4 is 9.47 Å². The Hall–Kier alpha value is -1.22. The van der Waals surface area contributed by atoms with Crippen LogP contribution in [0.15, 0.2) is 18.2 Å². The van der Waals surface area contributed by atoms with E-state index in [4.69, 9.17) is 9.47 Å². The van der Waals surface area contributed by atoms with Gasteiger partial charge in [-0.2, -0.15) is 0 Å². The van der Waals surface area contributed by atoms with E-state index in [1.807, 2.05) is 18.2 Å². The van der Waals surface area contributed by atoms with E-state index in [0.717, 1.165) is 36.3 Å². The van der Waals surface area contributed by atoms with Crippen LogP contribution in [0.25, 0.3) is 0 Å². The molecule has 0 spiro atoms. The van der Waals surface area contributed by atoms with Crippen molar-refractivity contribution < 1.29 is 14.6 Å². The molecule has 1 aliphatic heterocycles. The summed E-state index contributed by atoms with van der Waals surface area (Å²) in [6.07, 6.45) is 2.25. The van der Waals surface area contributed by atoms with Crippen LogP contribution in [0.2, 0.25) is 0 Å². The van der Waals surface area contributed by atoms with Crippen molar-refractivity contribution in [3.63, 3.8) is 0 Å². The van der Waals surface area contributed by atoms with Crippen molar-refractivity contribution in [1.82, 2.24) is 0 Å². The first-order chi connectivity index (χ1) is 7.81. The van der Waals surface area contributed by atoms with Gasteiger partial charge in [-0.15, -0.1) is 0 Å². The molecule has 3 heteroatoms. The highest BCUT2D eigenvalue weighted by molar-refractivity contribution is 5.43. The predicted octanol–water partition coefficient (Wildman–Crippen LogP) is 2.68. The highest BCUT2D eigenvalue weighted by atomic mass is 16.5. The second-order valence-corrected chi connectivity index (χ2v) is 4.06. The molecule has 0 saturated heterocycles. The van der Waals surface area contributed by atoms with Crippen LogP contribution in [0, 0.1) is 0 Å². The minimum Gasteiger partial charge on any atom is -0.490 e. The van der Waals surface area contributed by atoms with E-state index in [1.165, 1.54) is 0 Å². The van der Waals surface area contributed by atoms with Crippen molar-refractivity contribution in [2.75, 3.05) is 13.2 Å². The lowest BCUT2D eigenvalue weighted by atomic mass is 10.0. The molecule has 0 aromatic heterocycles. The lowest BCUT2D eigenvalue weighted by Gasteiger charge is -2.13. The first-order valence-corrected chi connectivity index (χ1v) is 5.89. The van der Waals surface area contributed by atoms with E-state index >= 15 is 0 Å². The third kappa shape index (κ3) is 2.47. The van der Waals surface area contributed by atoms with E-state index in [9.17, 15) is 5.11 Å². The lowest BCUT2D eigenvalue weighted by molar-refractivity contribution is 0.166.